The van der Waals surface area contributed by atoms with Crippen LogP contribution in [0.4, 0.5) is 5.95 Å². The molecule has 2 aromatic heterocycles. The van der Waals surface area contributed by atoms with Crippen LogP contribution in [0.1, 0.15) is 37.0 Å². The topological polar surface area (TPSA) is 92.9 Å². The van der Waals surface area contributed by atoms with Crippen molar-refractivity contribution in [3.05, 3.63) is 41.9 Å². The van der Waals surface area contributed by atoms with Crippen LogP contribution < -0.4 is 10.2 Å². The third-order valence-electron chi connectivity index (χ3n) is 5.61. The SMILES string of the molecule is CC(Cc1c[nH]c2ccccc12)NC(=O)c1nnc(N2CCN(C(C)C)CC2)[nH]1. The third-order valence-corrected chi connectivity index (χ3v) is 5.61. The van der Waals surface area contributed by atoms with Gasteiger partial charge in [-0.3, -0.25) is 9.69 Å². The average molecular weight is 396 g/mol. The van der Waals surface area contributed by atoms with E-state index in [0.29, 0.717) is 12.0 Å². The van der Waals surface area contributed by atoms with Crippen molar-refractivity contribution in [1.82, 2.24) is 30.4 Å². The Morgan fingerprint density at radius 2 is 1.90 bits per heavy atom. The Labute approximate surface area is 170 Å². The number of H-pyrrole nitrogens is 2. The van der Waals surface area contributed by atoms with Gasteiger partial charge < -0.3 is 20.2 Å². The normalized spacial score (nSPS) is 16.5. The summed E-state index contributed by atoms with van der Waals surface area (Å²) >= 11 is 0. The lowest BCUT2D eigenvalue weighted by Gasteiger charge is -2.36. The first-order chi connectivity index (χ1) is 14.0. The molecule has 0 bridgehead atoms. The van der Waals surface area contributed by atoms with E-state index < -0.39 is 0 Å². The van der Waals surface area contributed by atoms with Gasteiger partial charge >= 0.3 is 0 Å². The molecule has 0 spiro atoms. The number of nitrogens with zero attached hydrogens (tertiary/aromatic N) is 4. The second-order valence-corrected chi connectivity index (χ2v) is 8.05. The molecular weight excluding hydrogens is 366 g/mol. The van der Waals surface area contributed by atoms with Crippen LogP contribution in [0.5, 0.6) is 0 Å². The Balaban J connectivity index is 1.34. The van der Waals surface area contributed by atoms with Crippen molar-refractivity contribution in [2.24, 2.45) is 0 Å². The molecule has 1 atom stereocenters. The molecule has 1 fully saturated rings. The summed E-state index contributed by atoms with van der Waals surface area (Å²) < 4.78 is 0. The fourth-order valence-corrected chi connectivity index (χ4v) is 3.92. The van der Waals surface area contributed by atoms with E-state index in [-0.39, 0.29) is 17.8 Å². The van der Waals surface area contributed by atoms with Gasteiger partial charge in [-0.25, -0.2) is 0 Å². The second-order valence-electron chi connectivity index (χ2n) is 8.05. The molecule has 4 rings (SSSR count). The van der Waals surface area contributed by atoms with Crippen molar-refractivity contribution in [1.29, 1.82) is 0 Å². The molecule has 8 heteroatoms. The lowest BCUT2D eigenvalue weighted by molar-refractivity contribution is 0.0930. The molecule has 3 heterocycles. The largest absolute Gasteiger partial charge is 0.361 e. The molecule has 1 aliphatic heterocycles. The highest BCUT2D eigenvalue weighted by Gasteiger charge is 2.23. The Morgan fingerprint density at radius 1 is 1.14 bits per heavy atom. The molecule has 3 aromatic rings. The summed E-state index contributed by atoms with van der Waals surface area (Å²) in [5.74, 6) is 0.705. The van der Waals surface area contributed by atoms with Gasteiger partial charge in [-0.1, -0.05) is 18.2 Å². The molecule has 8 nitrogen and oxygen atoms in total. The number of carbonyl (C=O) groups excluding carboxylic acids is 1. The molecule has 0 radical (unpaired) electrons. The number of hydrogen-bond acceptors (Lipinski definition) is 5. The predicted octanol–water partition coefficient (Wildman–Crippen LogP) is 2.18. The van der Waals surface area contributed by atoms with E-state index in [9.17, 15) is 4.79 Å². The summed E-state index contributed by atoms with van der Waals surface area (Å²) in [5, 5.41) is 12.5. The summed E-state index contributed by atoms with van der Waals surface area (Å²) in [6, 6.07) is 8.71. The summed E-state index contributed by atoms with van der Waals surface area (Å²) in [6.45, 7) is 10.2. The van der Waals surface area contributed by atoms with Gasteiger partial charge in [-0.15, -0.1) is 10.2 Å². The first kappa shape index (κ1) is 19.4. The molecule has 1 saturated heterocycles. The van der Waals surface area contributed by atoms with E-state index in [1.54, 1.807) is 0 Å². The van der Waals surface area contributed by atoms with Gasteiger partial charge in [-0.05, 0) is 38.8 Å². The number of anilines is 1. The highest BCUT2D eigenvalue weighted by atomic mass is 16.2. The number of piperazine rings is 1. The number of rotatable bonds is 6. The minimum absolute atomic E-state index is 0.0233. The minimum Gasteiger partial charge on any atom is -0.361 e. The van der Waals surface area contributed by atoms with E-state index >= 15 is 0 Å². The molecule has 0 aliphatic carbocycles. The van der Waals surface area contributed by atoms with Gasteiger partial charge in [0, 0.05) is 55.4 Å². The standard InChI is InChI=1S/C21H29N7O/c1-14(2)27-8-10-28(11-9-27)21-24-19(25-26-21)20(29)23-15(3)12-16-13-22-18-7-5-4-6-17(16)18/h4-7,13-15,22H,8-12H2,1-3H3,(H,23,29)(H,24,25,26). The number of carbonyl (C=O) groups is 1. The van der Waals surface area contributed by atoms with E-state index in [4.69, 9.17) is 0 Å². The Bertz CT molecular complexity index is 968. The summed E-state index contributed by atoms with van der Waals surface area (Å²) in [7, 11) is 0. The molecule has 0 saturated carbocycles. The van der Waals surface area contributed by atoms with Crippen LogP contribution in [0.2, 0.25) is 0 Å². The predicted molar refractivity (Wildman–Crippen MR) is 114 cm³/mol. The van der Waals surface area contributed by atoms with Crippen molar-refractivity contribution in [3.8, 4) is 0 Å². The maximum absolute atomic E-state index is 12.6. The van der Waals surface area contributed by atoms with Gasteiger partial charge in [0.05, 0.1) is 0 Å². The maximum Gasteiger partial charge on any atom is 0.289 e. The number of benzene rings is 1. The van der Waals surface area contributed by atoms with Gasteiger partial charge in [0.1, 0.15) is 0 Å². The first-order valence-electron chi connectivity index (χ1n) is 10.3. The van der Waals surface area contributed by atoms with Crippen LogP contribution in [0.15, 0.2) is 30.5 Å². The summed E-state index contributed by atoms with van der Waals surface area (Å²) in [4.78, 5) is 23.6. The number of amides is 1. The number of aromatic nitrogens is 4. The van der Waals surface area contributed by atoms with Crippen molar-refractivity contribution < 1.29 is 4.79 Å². The first-order valence-corrected chi connectivity index (χ1v) is 10.3. The van der Waals surface area contributed by atoms with Crippen molar-refractivity contribution in [3.63, 3.8) is 0 Å². The highest BCUT2D eigenvalue weighted by Crippen LogP contribution is 2.19. The number of nitrogens with one attached hydrogen (secondary N) is 3. The highest BCUT2D eigenvalue weighted by molar-refractivity contribution is 5.91. The van der Waals surface area contributed by atoms with Crippen LogP contribution in [0.25, 0.3) is 10.9 Å². The fraction of sp³-hybridized carbons (Fsp3) is 0.476. The van der Waals surface area contributed by atoms with Crippen molar-refractivity contribution in [2.45, 2.75) is 39.3 Å². The zero-order valence-electron chi connectivity index (χ0n) is 17.3. The van der Waals surface area contributed by atoms with E-state index in [1.165, 1.54) is 10.9 Å². The third kappa shape index (κ3) is 4.27. The number of aromatic amines is 2. The second kappa shape index (κ2) is 8.24. The lowest BCUT2D eigenvalue weighted by Crippen LogP contribution is -2.49. The van der Waals surface area contributed by atoms with E-state index in [2.05, 4.69) is 61.3 Å². The van der Waals surface area contributed by atoms with Crippen molar-refractivity contribution >= 4 is 22.8 Å². The van der Waals surface area contributed by atoms with Crippen LogP contribution in [-0.4, -0.2) is 69.2 Å². The van der Waals surface area contributed by atoms with Crippen molar-refractivity contribution in [2.75, 3.05) is 31.1 Å². The summed E-state index contributed by atoms with van der Waals surface area (Å²) in [6.07, 6.45) is 2.75. The fourth-order valence-electron chi connectivity index (χ4n) is 3.92. The van der Waals surface area contributed by atoms with Gasteiger partial charge in [0.15, 0.2) is 0 Å². The zero-order valence-corrected chi connectivity index (χ0v) is 17.3. The Kier molecular flexibility index (Phi) is 5.53. The molecule has 1 aliphatic rings. The monoisotopic (exact) mass is 395 g/mol. The van der Waals surface area contributed by atoms with E-state index in [0.717, 1.165) is 38.1 Å². The zero-order chi connectivity index (χ0) is 20.4. The summed E-state index contributed by atoms with van der Waals surface area (Å²) in [5.41, 5.74) is 2.30. The molecule has 3 N–H and O–H groups in total. The average Bonchev–Trinajstić information content (AvgIpc) is 3.36. The molecular formula is C21H29N7O. The van der Waals surface area contributed by atoms with Crippen LogP contribution in [0, 0.1) is 0 Å². The lowest BCUT2D eigenvalue weighted by atomic mass is 10.1. The van der Waals surface area contributed by atoms with Gasteiger partial charge in [0.2, 0.25) is 11.8 Å². The van der Waals surface area contributed by atoms with Gasteiger partial charge in [0.25, 0.3) is 5.91 Å². The maximum atomic E-state index is 12.6. The molecule has 29 heavy (non-hydrogen) atoms. The number of hydrogen-bond donors (Lipinski definition) is 3. The minimum atomic E-state index is -0.225. The number of para-hydroxylation sites is 1. The molecule has 1 amide bonds. The Hall–Kier alpha value is -2.87. The number of fused-ring (bicyclic) bond motifs is 1. The van der Waals surface area contributed by atoms with Crippen LogP contribution >= 0.6 is 0 Å². The van der Waals surface area contributed by atoms with Crippen LogP contribution in [0.3, 0.4) is 0 Å². The quantitative estimate of drug-likeness (QED) is 0.595. The molecule has 1 aromatic carbocycles. The smallest absolute Gasteiger partial charge is 0.289 e. The molecule has 154 valence electrons. The Morgan fingerprint density at radius 3 is 2.66 bits per heavy atom. The van der Waals surface area contributed by atoms with Gasteiger partial charge in [-0.2, -0.15) is 0 Å². The van der Waals surface area contributed by atoms with Crippen LogP contribution in [-0.2, 0) is 6.42 Å². The van der Waals surface area contributed by atoms with E-state index in [1.807, 2.05) is 25.3 Å². The molecule has 1 unspecified atom stereocenters.